The number of methoxy groups -OCH3 is 1. The highest BCUT2D eigenvalue weighted by Gasteiger charge is 2.21. The van der Waals surface area contributed by atoms with Gasteiger partial charge >= 0.3 is 0 Å². The van der Waals surface area contributed by atoms with Crippen molar-refractivity contribution < 1.29 is 14.6 Å². The fourth-order valence-corrected chi connectivity index (χ4v) is 2.21. The van der Waals surface area contributed by atoms with E-state index in [1.54, 1.807) is 48.5 Å². The van der Waals surface area contributed by atoms with Crippen molar-refractivity contribution >= 4 is 11.6 Å². The number of hydrogen-bond donors (Lipinski definition) is 2. The number of aliphatic hydroxyl groups is 1. The fourth-order valence-electron chi connectivity index (χ4n) is 2.21. The van der Waals surface area contributed by atoms with Gasteiger partial charge < -0.3 is 15.2 Å². The van der Waals surface area contributed by atoms with Gasteiger partial charge in [0.25, 0.3) is 5.91 Å². The Morgan fingerprint density at radius 1 is 1.25 bits per heavy atom. The molecule has 0 heterocycles. The standard InChI is InChI=1S/C19H20N2O3/c1-19(2,12-20)14-7-9-15(10-8-14)21-18(23)17(22)13-5-4-6-16(11-13)24-3/h4-11,17,22H,1-3H3,(H,21,23). The first-order valence-corrected chi connectivity index (χ1v) is 7.52. The summed E-state index contributed by atoms with van der Waals surface area (Å²) in [5, 5.41) is 22.0. The molecule has 1 amide bonds. The molecule has 1 unspecified atom stereocenters. The maximum absolute atomic E-state index is 12.2. The molecule has 1 atom stereocenters. The lowest BCUT2D eigenvalue weighted by Crippen LogP contribution is -2.21. The van der Waals surface area contributed by atoms with Crippen LogP contribution in [-0.2, 0) is 10.2 Å². The highest BCUT2D eigenvalue weighted by atomic mass is 16.5. The Morgan fingerprint density at radius 3 is 2.50 bits per heavy atom. The highest BCUT2D eigenvalue weighted by Crippen LogP contribution is 2.24. The van der Waals surface area contributed by atoms with Gasteiger partial charge in [0, 0.05) is 5.69 Å². The van der Waals surface area contributed by atoms with Crippen molar-refractivity contribution in [1.29, 1.82) is 5.26 Å². The molecule has 2 aromatic rings. The summed E-state index contributed by atoms with van der Waals surface area (Å²) in [7, 11) is 1.52. The summed E-state index contributed by atoms with van der Waals surface area (Å²) in [6, 6.07) is 16.0. The quantitative estimate of drug-likeness (QED) is 0.885. The molecule has 124 valence electrons. The number of hydrogen-bond acceptors (Lipinski definition) is 4. The van der Waals surface area contributed by atoms with Crippen LogP contribution in [0.2, 0.25) is 0 Å². The predicted molar refractivity (Wildman–Crippen MR) is 91.7 cm³/mol. The van der Waals surface area contributed by atoms with Crippen molar-refractivity contribution in [3.8, 4) is 11.8 Å². The molecule has 0 radical (unpaired) electrons. The first-order valence-electron chi connectivity index (χ1n) is 7.52. The van der Waals surface area contributed by atoms with Gasteiger partial charge in [0.2, 0.25) is 0 Å². The molecule has 0 aromatic heterocycles. The molecule has 0 aliphatic carbocycles. The van der Waals surface area contributed by atoms with Gasteiger partial charge in [-0.3, -0.25) is 4.79 Å². The number of carbonyl (C=O) groups is 1. The summed E-state index contributed by atoms with van der Waals surface area (Å²) in [5.74, 6) is 0.0398. The van der Waals surface area contributed by atoms with Crippen LogP contribution in [0.4, 0.5) is 5.69 Å². The summed E-state index contributed by atoms with van der Waals surface area (Å²) < 4.78 is 5.09. The van der Waals surface area contributed by atoms with E-state index in [4.69, 9.17) is 10.00 Å². The summed E-state index contributed by atoms with van der Waals surface area (Å²) in [5.41, 5.74) is 1.27. The van der Waals surface area contributed by atoms with E-state index >= 15 is 0 Å². The van der Waals surface area contributed by atoms with Crippen LogP contribution in [0.1, 0.15) is 31.1 Å². The zero-order valence-corrected chi connectivity index (χ0v) is 13.9. The van der Waals surface area contributed by atoms with E-state index < -0.39 is 17.4 Å². The molecule has 2 aromatic carbocycles. The summed E-state index contributed by atoms with van der Waals surface area (Å²) in [4.78, 5) is 12.2. The van der Waals surface area contributed by atoms with Crippen molar-refractivity contribution in [2.45, 2.75) is 25.4 Å². The Hall–Kier alpha value is -2.84. The zero-order valence-electron chi connectivity index (χ0n) is 13.9. The molecule has 0 fully saturated rings. The Labute approximate surface area is 141 Å². The van der Waals surface area contributed by atoms with E-state index in [0.717, 1.165) is 5.56 Å². The van der Waals surface area contributed by atoms with Gasteiger partial charge in [-0.1, -0.05) is 24.3 Å². The van der Waals surface area contributed by atoms with E-state index in [-0.39, 0.29) is 0 Å². The third kappa shape index (κ3) is 3.92. The van der Waals surface area contributed by atoms with E-state index in [1.165, 1.54) is 7.11 Å². The van der Waals surface area contributed by atoms with Gasteiger partial charge in [0.05, 0.1) is 18.6 Å². The van der Waals surface area contributed by atoms with E-state index in [0.29, 0.717) is 17.0 Å². The molecule has 2 rings (SSSR count). The van der Waals surface area contributed by atoms with Crippen molar-refractivity contribution in [2.24, 2.45) is 0 Å². The summed E-state index contributed by atoms with van der Waals surface area (Å²) >= 11 is 0. The average Bonchev–Trinajstić information content (AvgIpc) is 2.61. The number of carbonyl (C=O) groups excluding carboxylic acids is 1. The van der Waals surface area contributed by atoms with Crippen molar-refractivity contribution in [2.75, 3.05) is 12.4 Å². The van der Waals surface area contributed by atoms with E-state index in [1.807, 2.05) is 13.8 Å². The lowest BCUT2D eigenvalue weighted by Gasteiger charge is -2.17. The SMILES string of the molecule is COc1cccc(C(O)C(=O)Nc2ccc(C(C)(C)C#N)cc2)c1. The first kappa shape index (κ1) is 17.5. The number of nitrogens with zero attached hydrogens (tertiary/aromatic N) is 1. The maximum Gasteiger partial charge on any atom is 0.257 e. The van der Waals surface area contributed by atoms with Gasteiger partial charge in [-0.15, -0.1) is 0 Å². The van der Waals surface area contributed by atoms with Crippen LogP contribution >= 0.6 is 0 Å². The molecular formula is C19H20N2O3. The monoisotopic (exact) mass is 324 g/mol. The lowest BCUT2D eigenvalue weighted by molar-refractivity contribution is -0.124. The number of anilines is 1. The number of benzene rings is 2. The molecular weight excluding hydrogens is 304 g/mol. The number of aliphatic hydroxyl groups excluding tert-OH is 1. The second kappa shape index (κ2) is 7.16. The number of ether oxygens (including phenoxy) is 1. The second-order valence-electron chi connectivity index (χ2n) is 5.98. The van der Waals surface area contributed by atoms with Crippen LogP contribution in [0.3, 0.4) is 0 Å². The smallest absolute Gasteiger partial charge is 0.257 e. The molecule has 0 saturated heterocycles. The minimum atomic E-state index is -1.30. The predicted octanol–water partition coefficient (Wildman–Crippen LogP) is 3.17. The molecule has 24 heavy (non-hydrogen) atoms. The Morgan fingerprint density at radius 2 is 1.92 bits per heavy atom. The van der Waals surface area contributed by atoms with Crippen molar-refractivity contribution in [3.63, 3.8) is 0 Å². The van der Waals surface area contributed by atoms with Gasteiger partial charge in [0.15, 0.2) is 6.10 Å². The number of amides is 1. The summed E-state index contributed by atoms with van der Waals surface area (Å²) in [6.45, 7) is 3.65. The number of nitriles is 1. The Balaban J connectivity index is 2.10. The van der Waals surface area contributed by atoms with Gasteiger partial charge in [0.1, 0.15) is 5.75 Å². The van der Waals surface area contributed by atoms with Crippen molar-refractivity contribution in [3.05, 3.63) is 59.7 Å². The van der Waals surface area contributed by atoms with Crippen LogP contribution in [0.25, 0.3) is 0 Å². The summed E-state index contributed by atoms with van der Waals surface area (Å²) in [6.07, 6.45) is -1.30. The van der Waals surface area contributed by atoms with Crippen LogP contribution < -0.4 is 10.1 Å². The average molecular weight is 324 g/mol. The van der Waals surface area contributed by atoms with E-state index in [2.05, 4.69) is 11.4 Å². The molecule has 0 aliphatic heterocycles. The Bertz CT molecular complexity index is 761. The molecule has 0 spiro atoms. The van der Waals surface area contributed by atoms with Crippen LogP contribution in [0.5, 0.6) is 5.75 Å². The normalized spacial score (nSPS) is 12.1. The molecule has 0 aliphatic rings. The Kier molecular flexibility index (Phi) is 5.22. The van der Waals surface area contributed by atoms with E-state index in [9.17, 15) is 9.90 Å². The van der Waals surface area contributed by atoms with Crippen LogP contribution in [0, 0.1) is 11.3 Å². The molecule has 2 N–H and O–H groups in total. The largest absolute Gasteiger partial charge is 0.497 e. The van der Waals surface area contributed by atoms with Crippen molar-refractivity contribution in [1.82, 2.24) is 0 Å². The molecule has 5 nitrogen and oxygen atoms in total. The minimum Gasteiger partial charge on any atom is -0.497 e. The van der Waals surface area contributed by atoms with Gasteiger partial charge in [-0.05, 0) is 49.2 Å². The molecule has 0 saturated carbocycles. The molecule has 5 heteroatoms. The number of nitrogens with one attached hydrogen (secondary N) is 1. The molecule has 0 bridgehead atoms. The third-order valence-corrected chi connectivity index (χ3v) is 3.81. The lowest BCUT2D eigenvalue weighted by atomic mass is 9.86. The third-order valence-electron chi connectivity index (χ3n) is 3.81. The minimum absolute atomic E-state index is 0.453. The van der Waals surface area contributed by atoms with Gasteiger partial charge in [-0.25, -0.2) is 0 Å². The van der Waals surface area contributed by atoms with Gasteiger partial charge in [-0.2, -0.15) is 5.26 Å². The van der Waals surface area contributed by atoms with Crippen LogP contribution in [-0.4, -0.2) is 18.1 Å². The van der Waals surface area contributed by atoms with Crippen LogP contribution in [0.15, 0.2) is 48.5 Å². The highest BCUT2D eigenvalue weighted by molar-refractivity contribution is 5.94. The topological polar surface area (TPSA) is 82.3 Å². The second-order valence-corrected chi connectivity index (χ2v) is 5.98. The fraction of sp³-hybridized carbons (Fsp3) is 0.263. The first-order chi connectivity index (χ1) is 11.4. The number of rotatable bonds is 5. The maximum atomic E-state index is 12.2. The zero-order chi connectivity index (χ0) is 17.7.